The lowest BCUT2D eigenvalue weighted by Gasteiger charge is -2.35. The van der Waals surface area contributed by atoms with E-state index >= 15 is 0 Å². The second-order valence-corrected chi connectivity index (χ2v) is 7.36. The predicted molar refractivity (Wildman–Crippen MR) is 108 cm³/mol. The molecule has 8 nitrogen and oxygen atoms in total. The smallest absolute Gasteiger partial charge is 0.325 e. The van der Waals surface area contributed by atoms with Crippen LogP contribution in [0, 0.1) is 0 Å². The zero-order chi connectivity index (χ0) is 20.0. The molecule has 0 aliphatic carbocycles. The molecule has 3 heterocycles. The number of imide groups is 1. The molecule has 0 aromatic heterocycles. The molecule has 8 heteroatoms. The molecule has 3 aliphatic heterocycles. The average Bonchev–Trinajstić information content (AvgIpc) is 3.18. The number of aliphatic imine (C=N–C) groups is 1. The average molecular weight is 382 g/mol. The standard InChI is InChI=1S/C20H26N6O2/c1-5-14-6-8-15(9-7-14)21-10-11-25-12(2)13(3)26-16-17(22-19(25)26)24(4)20(28)23-18(16)27/h6-9,16-17,21H,5,10-11H2,1-4H3,(H,23,27,28). The van der Waals surface area contributed by atoms with Gasteiger partial charge in [0, 0.05) is 37.2 Å². The molecule has 0 bridgehead atoms. The minimum Gasteiger partial charge on any atom is -0.383 e. The Balaban J connectivity index is 1.48. The van der Waals surface area contributed by atoms with Crippen LogP contribution in [0.3, 0.4) is 0 Å². The molecular weight excluding hydrogens is 356 g/mol. The SMILES string of the molecule is CCc1ccc(NCCN2C3=NC4C(C(=O)NC(=O)N4C)N3C(C)=C2C)cc1. The van der Waals surface area contributed by atoms with Crippen LogP contribution in [0.5, 0.6) is 0 Å². The van der Waals surface area contributed by atoms with Crippen molar-refractivity contribution in [3.63, 3.8) is 0 Å². The number of benzene rings is 1. The Kier molecular flexibility index (Phi) is 4.49. The Bertz CT molecular complexity index is 875. The number of anilines is 1. The van der Waals surface area contributed by atoms with Crippen molar-refractivity contribution in [3.8, 4) is 0 Å². The monoisotopic (exact) mass is 382 g/mol. The lowest BCUT2D eigenvalue weighted by atomic mass is 10.1. The van der Waals surface area contributed by atoms with Crippen LogP contribution >= 0.6 is 0 Å². The molecule has 0 spiro atoms. The molecule has 148 valence electrons. The van der Waals surface area contributed by atoms with Crippen LogP contribution in [0.15, 0.2) is 40.7 Å². The number of allylic oxidation sites excluding steroid dienone is 2. The van der Waals surface area contributed by atoms with Gasteiger partial charge in [-0.05, 0) is 38.0 Å². The van der Waals surface area contributed by atoms with E-state index < -0.39 is 18.2 Å². The van der Waals surface area contributed by atoms with Crippen molar-refractivity contribution in [2.75, 3.05) is 25.5 Å². The Morgan fingerprint density at radius 2 is 1.86 bits per heavy atom. The molecule has 1 aromatic rings. The molecule has 3 amide bonds. The predicted octanol–water partition coefficient (Wildman–Crippen LogP) is 1.78. The number of likely N-dealkylation sites (N-methyl/N-ethyl adjacent to an activating group) is 1. The summed E-state index contributed by atoms with van der Waals surface area (Å²) in [7, 11) is 1.67. The minimum absolute atomic E-state index is 0.296. The number of hydrogen-bond acceptors (Lipinski definition) is 6. The lowest BCUT2D eigenvalue weighted by Crippen LogP contribution is -2.63. The number of hydrogen-bond donors (Lipinski definition) is 2. The highest BCUT2D eigenvalue weighted by Crippen LogP contribution is 2.35. The zero-order valence-corrected chi connectivity index (χ0v) is 16.7. The molecule has 0 saturated carbocycles. The van der Waals surface area contributed by atoms with Crippen molar-refractivity contribution in [2.24, 2.45) is 4.99 Å². The van der Waals surface area contributed by atoms with Crippen LogP contribution in [0.1, 0.15) is 26.3 Å². The van der Waals surface area contributed by atoms with Gasteiger partial charge < -0.3 is 15.1 Å². The van der Waals surface area contributed by atoms with Crippen LogP contribution in [0.25, 0.3) is 0 Å². The molecule has 28 heavy (non-hydrogen) atoms. The number of rotatable bonds is 5. The van der Waals surface area contributed by atoms with Crippen LogP contribution < -0.4 is 10.6 Å². The minimum atomic E-state index is -0.507. The fourth-order valence-corrected chi connectivity index (χ4v) is 3.96. The van der Waals surface area contributed by atoms with E-state index in [1.54, 1.807) is 7.05 Å². The molecule has 2 unspecified atom stereocenters. The fourth-order valence-electron chi connectivity index (χ4n) is 3.96. The number of fused-ring (bicyclic) bond motifs is 3. The first-order valence-electron chi connectivity index (χ1n) is 9.65. The summed E-state index contributed by atoms with van der Waals surface area (Å²) in [5.41, 5.74) is 4.47. The number of aryl methyl sites for hydroxylation is 1. The number of nitrogens with one attached hydrogen (secondary N) is 2. The highest BCUT2D eigenvalue weighted by molar-refractivity contribution is 6.05. The zero-order valence-electron chi connectivity index (χ0n) is 16.7. The topological polar surface area (TPSA) is 80.3 Å². The number of nitrogens with zero attached hydrogens (tertiary/aromatic N) is 4. The van der Waals surface area contributed by atoms with Crippen molar-refractivity contribution in [1.29, 1.82) is 0 Å². The van der Waals surface area contributed by atoms with Crippen LogP contribution in [0.2, 0.25) is 0 Å². The van der Waals surface area contributed by atoms with Gasteiger partial charge in [0.05, 0.1) is 0 Å². The summed E-state index contributed by atoms with van der Waals surface area (Å²) in [6.45, 7) is 7.63. The summed E-state index contributed by atoms with van der Waals surface area (Å²) in [5, 5.41) is 5.86. The molecule has 2 atom stereocenters. The van der Waals surface area contributed by atoms with Crippen molar-refractivity contribution >= 4 is 23.6 Å². The molecular formula is C20H26N6O2. The van der Waals surface area contributed by atoms with Gasteiger partial charge in [-0.1, -0.05) is 19.1 Å². The summed E-state index contributed by atoms with van der Waals surface area (Å²) in [6, 6.07) is 7.54. The summed E-state index contributed by atoms with van der Waals surface area (Å²) < 4.78 is 0. The van der Waals surface area contributed by atoms with Crippen molar-refractivity contribution in [3.05, 3.63) is 41.2 Å². The van der Waals surface area contributed by atoms with E-state index in [2.05, 4.69) is 46.7 Å². The van der Waals surface area contributed by atoms with Crippen LogP contribution in [0.4, 0.5) is 10.5 Å². The highest BCUT2D eigenvalue weighted by atomic mass is 16.2. The molecule has 3 aliphatic rings. The Morgan fingerprint density at radius 3 is 2.54 bits per heavy atom. The largest absolute Gasteiger partial charge is 0.383 e. The quantitative estimate of drug-likeness (QED) is 0.811. The molecule has 4 rings (SSSR count). The first-order valence-corrected chi connectivity index (χ1v) is 9.65. The number of urea groups is 1. The maximum atomic E-state index is 12.5. The maximum absolute atomic E-state index is 12.5. The van der Waals surface area contributed by atoms with Crippen molar-refractivity contribution in [1.82, 2.24) is 20.0 Å². The third-order valence-electron chi connectivity index (χ3n) is 5.80. The lowest BCUT2D eigenvalue weighted by molar-refractivity contribution is -0.126. The molecule has 0 radical (unpaired) electrons. The molecule has 1 saturated heterocycles. The van der Waals surface area contributed by atoms with Crippen molar-refractivity contribution < 1.29 is 9.59 Å². The van der Waals surface area contributed by atoms with E-state index in [4.69, 9.17) is 4.99 Å². The second-order valence-electron chi connectivity index (χ2n) is 7.36. The summed E-state index contributed by atoms with van der Waals surface area (Å²) >= 11 is 0. The second kappa shape index (κ2) is 6.85. The highest BCUT2D eigenvalue weighted by Gasteiger charge is 2.52. The number of carbonyl (C=O) groups excluding carboxylic acids is 2. The first kappa shape index (κ1) is 18.3. The third kappa shape index (κ3) is 2.80. The Labute approximate surface area is 164 Å². The van der Waals surface area contributed by atoms with Crippen LogP contribution in [-0.2, 0) is 11.2 Å². The van der Waals surface area contributed by atoms with Gasteiger partial charge in [0.2, 0.25) is 5.96 Å². The van der Waals surface area contributed by atoms with E-state index in [-0.39, 0.29) is 5.91 Å². The Hall–Kier alpha value is -3.03. The molecule has 2 N–H and O–H groups in total. The fraction of sp³-hybridized carbons (Fsp3) is 0.450. The van der Waals surface area contributed by atoms with Gasteiger partial charge in [0.1, 0.15) is 0 Å². The van der Waals surface area contributed by atoms with Gasteiger partial charge >= 0.3 is 6.03 Å². The molecule has 1 fully saturated rings. The molecule has 1 aromatic carbocycles. The maximum Gasteiger partial charge on any atom is 0.325 e. The van der Waals surface area contributed by atoms with Crippen LogP contribution in [-0.4, -0.2) is 64.9 Å². The normalized spacial score (nSPS) is 23.7. The van der Waals surface area contributed by atoms with Gasteiger partial charge in [-0.15, -0.1) is 0 Å². The first-order chi connectivity index (χ1) is 13.4. The van der Waals surface area contributed by atoms with Gasteiger partial charge in [0.15, 0.2) is 12.2 Å². The number of guanidine groups is 1. The van der Waals surface area contributed by atoms with Gasteiger partial charge in [-0.3, -0.25) is 15.0 Å². The van der Waals surface area contributed by atoms with E-state index in [9.17, 15) is 9.59 Å². The summed E-state index contributed by atoms with van der Waals surface area (Å²) in [6.07, 6.45) is 0.538. The van der Waals surface area contributed by atoms with E-state index in [1.165, 1.54) is 10.5 Å². The van der Waals surface area contributed by atoms with E-state index in [0.717, 1.165) is 36.0 Å². The number of amides is 3. The van der Waals surface area contributed by atoms with Gasteiger partial charge in [0.25, 0.3) is 5.91 Å². The van der Waals surface area contributed by atoms with E-state index in [0.29, 0.717) is 6.54 Å². The summed E-state index contributed by atoms with van der Waals surface area (Å²) in [5.74, 6) is 0.444. The third-order valence-corrected chi connectivity index (χ3v) is 5.80. The Morgan fingerprint density at radius 1 is 1.14 bits per heavy atom. The van der Waals surface area contributed by atoms with Gasteiger partial charge in [-0.2, -0.15) is 0 Å². The van der Waals surface area contributed by atoms with E-state index in [1.807, 2.05) is 18.7 Å². The van der Waals surface area contributed by atoms with Gasteiger partial charge in [-0.25, -0.2) is 9.79 Å². The summed E-state index contributed by atoms with van der Waals surface area (Å²) in [4.78, 5) is 34.7. The number of carbonyl (C=O) groups is 2. The van der Waals surface area contributed by atoms with Crippen molar-refractivity contribution in [2.45, 2.75) is 39.4 Å².